The van der Waals surface area contributed by atoms with Gasteiger partial charge in [-0.1, -0.05) is 20.8 Å². The van der Waals surface area contributed by atoms with E-state index in [1.54, 1.807) is 33.2 Å². The van der Waals surface area contributed by atoms with Gasteiger partial charge in [0.25, 0.3) is 0 Å². The van der Waals surface area contributed by atoms with E-state index in [2.05, 4.69) is 15.6 Å². The van der Waals surface area contributed by atoms with Crippen LogP contribution in [0.25, 0.3) is 10.4 Å². The number of nitriles is 1. The van der Waals surface area contributed by atoms with Gasteiger partial charge in [0.15, 0.2) is 0 Å². The Labute approximate surface area is 229 Å². The van der Waals surface area contributed by atoms with E-state index in [1.807, 2.05) is 6.07 Å². The van der Waals surface area contributed by atoms with Crippen LogP contribution in [0.3, 0.4) is 0 Å². The molecule has 39 heavy (non-hydrogen) atoms. The molecule has 0 radical (unpaired) electrons. The van der Waals surface area contributed by atoms with Crippen LogP contribution in [0.15, 0.2) is 17.6 Å². The summed E-state index contributed by atoms with van der Waals surface area (Å²) in [4.78, 5) is 45.4. The first-order chi connectivity index (χ1) is 18.3. The lowest BCUT2D eigenvalue weighted by Gasteiger charge is -2.35. The Hall–Kier alpha value is -3.43. The molecule has 2 aliphatic rings. The Morgan fingerprint density at radius 1 is 1.28 bits per heavy atom. The van der Waals surface area contributed by atoms with Crippen LogP contribution in [-0.4, -0.2) is 57.4 Å². The average Bonchev–Trinajstić information content (AvgIpc) is 3.39. The van der Waals surface area contributed by atoms with Gasteiger partial charge in [-0.15, -0.1) is 11.3 Å². The van der Waals surface area contributed by atoms with Gasteiger partial charge in [0.05, 0.1) is 28.3 Å². The minimum atomic E-state index is -1.15. The van der Waals surface area contributed by atoms with Crippen LogP contribution in [0.2, 0.25) is 0 Å². The monoisotopic (exact) mass is 559 g/mol. The summed E-state index contributed by atoms with van der Waals surface area (Å²) in [6.45, 7) is 6.36. The summed E-state index contributed by atoms with van der Waals surface area (Å²) in [7, 11) is 0. The number of nitrogens with zero attached hydrogens (tertiary/aromatic N) is 3. The number of hydrogen-bond acceptors (Lipinski definition) is 7. The first kappa shape index (κ1) is 28.6. The predicted molar refractivity (Wildman–Crippen MR) is 139 cm³/mol. The number of aliphatic hydroxyl groups excluding tert-OH is 1. The number of carbonyl (C=O) groups is 3. The van der Waals surface area contributed by atoms with E-state index in [9.17, 15) is 33.5 Å². The average molecular weight is 560 g/mol. The number of aryl methyl sites for hydroxylation is 1. The van der Waals surface area contributed by atoms with Gasteiger partial charge in [-0.25, -0.2) is 13.8 Å². The molecule has 9 nitrogen and oxygen atoms in total. The highest BCUT2D eigenvalue weighted by Gasteiger charge is 2.53. The van der Waals surface area contributed by atoms with Crippen LogP contribution in [0.1, 0.15) is 51.3 Å². The second-order valence-corrected chi connectivity index (χ2v) is 12.1. The molecule has 2 aromatic rings. The molecule has 3 atom stereocenters. The summed E-state index contributed by atoms with van der Waals surface area (Å²) < 4.78 is 29.7. The minimum Gasteiger partial charge on any atom is -0.391 e. The standard InChI is InChI=1S/C27H31F2N5O4S/c1-14-21(39-13-32-14)15-7-18(28)17(19(29)8-15)10-31-23(36)20-9-16(35)11-34(20)24(37)22(26(2,3)4)33-25(38)27(12-30)5-6-27/h7-8,13,16,20,22,35H,5-6,9-11H2,1-4H3,(H,31,36)(H,33,38)/t16-,20+,22-/m1/s1. The first-order valence-electron chi connectivity index (χ1n) is 12.6. The number of β-amino-alcohol motifs (C(OH)–C–C–N with tert-alkyl or cyclic N) is 1. The second kappa shape index (κ2) is 10.6. The molecule has 4 rings (SSSR count). The Morgan fingerprint density at radius 3 is 2.44 bits per heavy atom. The largest absolute Gasteiger partial charge is 0.391 e. The number of benzene rings is 1. The zero-order valence-corrected chi connectivity index (χ0v) is 23.0. The van der Waals surface area contributed by atoms with Crippen LogP contribution < -0.4 is 10.6 Å². The lowest BCUT2D eigenvalue weighted by Crippen LogP contribution is -2.58. The fourth-order valence-corrected chi connectivity index (χ4v) is 5.47. The maximum Gasteiger partial charge on any atom is 0.246 e. The van der Waals surface area contributed by atoms with Crippen molar-refractivity contribution in [2.75, 3.05) is 6.54 Å². The van der Waals surface area contributed by atoms with E-state index in [4.69, 9.17) is 0 Å². The van der Waals surface area contributed by atoms with Gasteiger partial charge in [-0.3, -0.25) is 14.4 Å². The van der Waals surface area contributed by atoms with Gasteiger partial charge in [-0.2, -0.15) is 5.26 Å². The van der Waals surface area contributed by atoms with Gasteiger partial charge in [-0.05, 0) is 42.9 Å². The lowest BCUT2D eigenvalue weighted by atomic mass is 9.85. The van der Waals surface area contributed by atoms with Crippen molar-refractivity contribution in [2.24, 2.45) is 10.8 Å². The van der Waals surface area contributed by atoms with E-state index in [0.717, 1.165) is 0 Å². The third-order valence-corrected chi connectivity index (χ3v) is 8.22. The predicted octanol–water partition coefficient (Wildman–Crippen LogP) is 2.81. The topological polar surface area (TPSA) is 135 Å². The number of aromatic nitrogens is 1. The molecule has 1 aromatic heterocycles. The van der Waals surface area contributed by atoms with Crippen LogP contribution in [0.4, 0.5) is 8.78 Å². The van der Waals surface area contributed by atoms with E-state index >= 15 is 0 Å². The summed E-state index contributed by atoms with van der Waals surface area (Å²) >= 11 is 1.26. The van der Waals surface area contributed by atoms with Crippen LogP contribution in [0, 0.1) is 40.7 Å². The van der Waals surface area contributed by atoms with E-state index in [0.29, 0.717) is 29.0 Å². The molecule has 2 heterocycles. The quantitative estimate of drug-likeness (QED) is 0.478. The maximum absolute atomic E-state index is 14.8. The van der Waals surface area contributed by atoms with Crippen molar-refractivity contribution in [3.8, 4) is 16.5 Å². The first-order valence-corrected chi connectivity index (χ1v) is 13.5. The summed E-state index contributed by atoms with van der Waals surface area (Å²) in [6.07, 6.45) is -0.248. The molecule has 1 aromatic carbocycles. The van der Waals surface area contributed by atoms with Crippen molar-refractivity contribution < 1.29 is 28.3 Å². The molecule has 1 aliphatic heterocycles. The fraction of sp³-hybridized carbons (Fsp3) is 0.519. The smallest absolute Gasteiger partial charge is 0.246 e. The number of aliphatic hydroxyl groups is 1. The molecule has 2 fully saturated rings. The van der Waals surface area contributed by atoms with E-state index in [-0.39, 0.29) is 18.5 Å². The normalized spacial score (nSPS) is 20.7. The molecular formula is C27H31F2N5O4S. The van der Waals surface area contributed by atoms with Crippen molar-refractivity contribution in [1.29, 1.82) is 5.26 Å². The summed E-state index contributed by atoms with van der Waals surface area (Å²) in [5.41, 5.74) is 0.326. The van der Waals surface area contributed by atoms with Crippen molar-refractivity contribution in [3.05, 3.63) is 40.5 Å². The molecular weight excluding hydrogens is 528 g/mol. The fourth-order valence-electron chi connectivity index (χ4n) is 4.68. The maximum atomic E-state index is 14.8. The number of rotatable bonds is 7. The Bertz CT molecular complexity index is 1320. The Kier molecular flexibility index (Phi) is 7.78. The van der Waals surface area contributed by atoms with Crippen LogP contribution in [-0.2, 0) is 20.9 Å². The van der Waals surface area contributed by atoms with Gasteiger partial charge in [0.1, 0.15) is 29.1 Å². The number of carbonyl (C=O) groups excluding carboxylic acids is 3. The molecule has 3 amide bonds. The number of halogens is 2. The number of nitrogens with one attached hydrogen (secondary N) is 2. The molecule has 0 unspecified atom stereocenters. The Morgan fingerprint density at radius 2 is 1.92 bits per heavy atom. The molecule has 0 bridgehead atoms. The zero-order valence-electron chi connectivity index (χ0n) is 22.2. The minimum absolute atomic E-state index is 0.0704. The van der Waals surface area contributed by atoms with Crippen LogP contribution >= 0.6 is 11.3 Å². The van der Waals surface area contributed by atoms with Crippen LogP contribution in [0.5, 0.6) is 0 Å². The number of hydrogen-bond donors (Lipinski definition) is 3. The number of thiazole rings is 1. The molecule has 3 N–H and O–H groups in total. The highest BCUT2D eigenvalue weighted by atomic mass is 32.1. The molecule has 0 spiro atoms. The Balaban J connectivity index is 1.48. The summed E-state index contributed by atoms with van der Waals surface area (Å²) in [5.74, 6) is -3.47. The van der Waals surface area contributed by atoms with Gasteiger partial charge < -0.3 is 20.6 Å². The van der Waals surface area contributed by atoms with Crippen molar-refractivity contribution in [3.63, 3.8) is 0 Å². The number of likely N-dealkylation sites (tertiary alicyclic amines) is 1. The van der Waals surface area contributed by atoms with Crippen molar-refractivity contribution in [2.45, 2.75) is 71.7 Å². The molecule has 1 aliphatic carbocycles. The van der Waals surface area contributed by atoms with Gasteiger partial charge in [0.2, 0.25) is 17.7 Å². The van der Waals surface area contributed by atoms with Gasteiger partial charge >= 0.3 is 0 Å². The SMILES string of the molecule is Cc1ncsc1-c1cc(F)c(CNC(=O)[C@@H]2C[C@@H](O)CN2C(=O)[C@@H](NC(=O)C2(C#N)CC2)C(C)(C)C)c(F)c1. The molecule has 1 saturated carbocycles. The molecule has 12 heteroatoms. The third-order valence-electron chi connectivity index (χ3n) is 7.24. The van der Waals surface area contributed by atoms with Crippen molar-refractivity contribution in [1.82, 2.24) is 20.5 Å². The molecule has 1 saturated heterocycles. The second-order valence-electron chi connectivity index (χ2n) is 11.3. The third kappa shape index (κ3) is 5.79. The van der Waals surface area contributed by atoms with Crippen molar-refractivity contribution >= 4 is 29.1 Å². The lowest BCUT2D eigenvalue weighted by molar-refractivity contribution is -0.144. The van der Waals surface area contributed by atoms with E-state index in [1.165, 1.54) is 28.4 Å². The highest BCUT2D eigenvalue weighted by Crippen LogP contribution is 2.45. The van der Waals surface area contributed by atoms with Gasteiger partial charge in [0, 0.05) is 25.1 Å². The summed E-state index contributed by atoms with van der Waals surface area (Å²) in [5, 5.41) is 24.8. The van der Waals surface area contributed by atoms with E-state index < -0.39 is 64.9 Å². The molecule has 208 valence electrons. The number of amides is 3. The zero-order chi connectivity index (χ0) is 28.7. The highest BCUT2D eigenvalue weighted by molar-refractivity contribution is 7.13. The summed E-state index contributed by atoms with van der Waals surface area (Å²) in [6, 6.07) is 2.21.